The van der Waals surface area contributed by atoms with E-state index in [4.69, 9.17) is 9.84 Å². The Balaban J connectivity index is 4.83. The Labute approximate surface area is 83.0 Å². The summed E-state index contributed by atoms with van der Waals surface area (Å²) in [6, 6.07) is -1.03. The SMILES string of the molecule is C=C[C@H](OC)[C@H](C(=O)O)N(C)C(C)=O. The second kappa shape index (κ2) is 5.39. The molecule has 14 heavy (non-hydrogen) atoms. The quantitative estimate of drug-likeness (QED) is 0.641. The third kappa shape index (κ3) is 2.85. The van der Waals surface area contributed by atoms with Crippen LogP contribution in [0.5, 0.6) is 0 Å². The van der Waals surface area contributed by atoms with Crippen LogP contribution in [0.2, 0.25) is 0 Å². The topological polar surface area (TPSA) is 66.8 Å². The van der Waals surface area contributed by atoms with Gasteiger partial charge in [0.2, 0.25) is 5.91 Å². The number of carboxylic acid groups (broad SMARTS) is 1. The molecule has 0 heterocycles. The largest absolute Gasteiger partial charge is 0.480 e. The summed E-state index contributed by atoms with van der Waals surface area (Å²) in [5, 5.41) is 8.90. The molecule has 0 aliphatic rings. The molecule has 2 atom stereocenters. The van der Waals surface area contributed by atoms with Crippen molar-refractivity contribution in [1.29, 1.82) is 0 Å². The Morgan fingerprint density at radius 2 is 2.07 bits per heavy atom. The van der Waals surface area contributed by atoms with Crippen LogP contribution in [0.1, 0.15) is 6.92 Å². The van der Waals surface area contributed by atoms with E-state index in [0.29, 0.717) is 0 Å². The Bertz CT molecular complexity index is 237. The van der Waals surface area contributed by atoms with E-state index < -0.39 is 18.1 Å². The van der Waals surface area contributed by atoms with Crippen molar-refractivity contribution >= 4 is 11.9 Å². The fraction of sp³-hybridized carbons (Fsp3) is 0.556. The number of carbonyl (C=O) groups is 2. The van der Waals surface area contributed by atoms with Crippen LogP contribution in [0.15, 0.2) is 12.7 Å². The molecular weight excluding hydrogens is 186 g/mol. The molecule has 1 amide bonds. The lowest BCUT2D eigenvalue weighted by Gasteiger charge is -2.27. The van der Waals surface area contributed by atoms with Crippen LogP contribution >= 0.6 is 0 Å². The number of methoxy groups -OCH3 is 1. The zero-order valence-corrected chi connectivity index (χ0v) is 8.56. The monoisotopic (exact) mass is 201 g/mol. The number of amides is 1. The number of carboxylic acids is 1. The summed E-state index contributed by atoms with van der Waals surface area (Å²) in [7, 11) is 2.78. The van der Waals surface area contributed by atoms with Crippen LogP contribution in [-0.2, 0) is 14.3 Å². The highest BCUT2D eigenvalue weighted by Gasteiger charge is 2.31. The molecule has 80 valence electrons. The molecular formula is C9H15NO4. The van der Waals surface area contributed by atoms with Crippen molar-refractivity contribution in [2.45, 2.75) is 19.1 Å². The van der Waals surface area contributed by atoms with E-state index in [9.17, 15) is 9.59 Å². The van der Waals surface area contributed by atoms with Crippen molar-refractivity contribution in [2.75, 3.05) is 14.2 Å². The zero-order valence-electron chi connectivity index (χ0n) is 8.56. The van der Waals surface area contributed by atoms with Crippen molar-refractivity contribution in [1.82, 2.24) is 4.90 Å². The zero-order chi connectivity index (χ0) is 11.3. The van der Waals surface area contributed by atoms with Gasteiger partial charge in [0.25, 0.3) is 0 Å². The highest BCUT2D eigenvalue weighted by molar-refractivity contribution is 5.82. The molecule has 1 N–H and O–H groups in total. The fourth-order valence-corrected chi connectivity index (χ4v) is 1.08. The van der Waals surface area contributed by atoms with Gasteiger partial charge in [0.1, 0.15) is 6.10 Å². The number of rotatable bonds is 5. The molecule has 0 saturated carbocycles. The van der Waals surface area contributed by atoms with Crippen LogP contribution in [0, 0.1) is 0 Å². The average molecular weight is 201 g/mol. The molecule has 0 radical (unpaired) electrons. The van der Waals surface area contributed by atoms with E-state index in [1.807, 2.05) is 0 Å². The van der Waals surface area contributed by atoms with Crippen molar-refractivity contribution in [2.24, 2.45) is 0 Å². The van der Waals surface area contributed by atoms with Gasteiger partial charge in [-0.25, -0.2) is 4.79 Å². The first-order chi connectivity index (χ1) is 6.45. The first-order valence-electron chi connectivity index (χ1n) is 4.07. The molecule has 0 spiro atoms. The van der Waals surface area contributed by atoms with Crippen LogP contribution < -0.4 is 0 Å². The molecule has 0 fully saturated rings. The summed E-state index contributed by atoms with van der Waals surface area (Å²) in [5.74, 6) is -1.45. The molecule has 5 heteroatoms. The molecule has 5 nitrogen and oxygen atoms in total. The van der Waals surface area contributed by atoms with Crippen molar-refractivity contribution in [3.05, 3.63) is 12.7 Å². The van der Waals surface area contributed by atoms with Crippen molar-refractivity contribution < 1.29 is 19.4 Å². The minimum absolute atomic E-state index is 0.332. The lowest BCUT2D eigenvalue weighted by atomic mass is 10.1. The number of likely N-dealkylation sites (N-methyl/N-ethyl adjacent to an activating group) is 1. The lowest BCUT2D eigenvalue weighted by Crippen LogP contribution is -2.49. The third-order valence-electron chi connectivity index (χ3n) is 1.98. The van der Waals surface area contributed by atoms with Crippen molar-refractivity contribution in [3.63, 3.8) is 0 Å². The Morgan fingerprint density at radius 3 is 2.29 bits per heavy atom. The maximum absolute atomic E-state index is 11.0. The number of carbonyl (C=O) groups excluding carboxylic acids is 1. The third-order valence-corrected chi connectivity index (χ3v) is 1.98. The van der Waals surface area contributed by atoms with Gasteiger partial charge in [0.05, 0.1) is 0 Å². The maximum atomic E-state index is 11.0. The Kier molecular flexibility index (Phi) is 4.86. The molecule has 0 rings (SSSR count). The van der Waals surface area contributed by atoms with E-state index in [1.54, 1.807) is 0 Å². The lowest BCUT2D eigenvalue weighted by molar-refractivity contribution is -0.152. The first-order valence-corrected chi connectivity index (χ1v) is 4.07. The van der Waals surface area contributed by atoms with Gasteiger partial charge in [-0.05, 0) is 0 Å². The van der Waals surface area contributed by atoms with Crippen molar-refractivity contribution in [3.8, 4) is 0 Å². The maximum Gasteiger partial charge on any atom is 0.329 e. The minimum atomic E-state index is -1.12. The van der Waals surface area contributed by atoms with E-state index in [-0.39, 0.29) is 5.91 Å². The van der Waals surface area contributed by atoms with Gasteiger partial charge in [-0.3, -0.25) is 4.79 Å². The summed E-state index contributed by atoms with van der Waals surface area (Å²) >= 11 is 0. The predicted octanol–water partition coefficient (Wildman–Crippen LogP) is 0.119. The minimum Gasteiger partial charge on any atom is -0.480 e. The molecule has 0 aromatic heterocycles. The van der Waals surface area contributed by atoms with E-state index >= 15 is 0 Å². The number of hydrogen-bond donors (Lipinski definition) is 1. The molecule has 0 saturated heterocycles. The smallest absolute Gasteiger partial charge is 0.329 e. The number of aliphatic carboxylic acids is 1. The molecule has 0 aliphatic heterocycles. The standard InChI is InChI=1S/C9H15NO4/c1-5-7(14-4)8(9(12)13)10(3)6(2)11/h5,7-8H,1H2,2-4H3,(H,12,13)/t7-,8+/m0/s1. The Morgan fingerprint density at radius 1 is 1.57 bits per heavy atom. The predicted molar refractivity (Wildman–Crippen MR) is 50.9 cm³/mol. The van der Waals surface area contributed by atoms with Gasteiger partial charge < -0.3 is 14.7 Å². The molecule has 0 unspecified atom stereocenters. The van der Waals surface area contributed by atoms with Crippen LogP contribution in [-0.4, -0.2) is 48.2 Å². The summed E-state index contributed by atoms with van der Waals surface area (Å²) in [6.45, 7) is 4.75. The molecule has 0 aliphatic carbocycles. The summed E-state index contributed by atoms with van der Waals surface area (Å²) in [6.07, 6.45) is 0.652. The summed E-state index contributed by atoms with van der Waals surface area (Å²) in [4.78, 5) is 23.0. The number of hydrogen-bond acceptors (Lipinski definition) is 3. The van der Waals surface area contributed by atoms with E-state index in [0.717, 1.165) is 4.90 Å². The van der Waals surface area contributed by atoms with Gasteiger partial charge in [0, 0.05) is 21.1 Å². The highest BCUT2D eigenvalue weighted by Crippen LogP contribution is 2.08. The second-order valence-corrected chi connectivity index (χ2v) is 2.85. The van der Waals surface area contributed by atoms with Gasteiger partial charge in [-0.1, -0.05) is 6.08 Å². The first kappa shape index (κ1) is 12.6. The van der Waals surface area contributed by atoms with Crippen LogP contribution in [0.3, 0.4) is 0 Å². The molecule has 0 aromatic carbocycles. The van der Waals surface area contributed by atoms with Gasteiger partial charge in [-0.15, -0.1) is 6.58 Å². The van der Waals surface area contributed by atoms with Gasteiger partial charge in [0.15, 0.2) is 6.04 Å². The van der Waals surface area contributed by atoms with Crippen LogP contribution in [0.25, 0.3) is 0 Å². The average Bonchev–Trinajstić information content (AvgIpc) is 2.12. The summed E-state index contributed by atoms with van der Waals surface area (Å²) in [5.41, 5.74) is 0. The Hall–Kier alpha value is -1.36. The molecule has 0 aromatic rings. The number of nitrogens with zero attached hydrogens (tertiary/aromatic N) is 1. The summed E-state index contributed by atoms with van der Waals surface area (Å²) < 4.78 is 4.90. The fourth-order valence-electron chi connectivity index (χ4n) is 1.08. The van der Waals surface area contributed by atoms with Gasteiger partial charge in [-0.2, -0.15) is 0 Å². The van der Waals surface area contributed by atoms with Crippen LogP contribution in [0.4, 0.5) is 0 Å². The van der Waals surface area contributed by atoms with Gasteiger partial charge >= 0.3 is 5.97 Å². The second-order valence-electron chi connectivity index (χ2n) is 2.85. The highest BCUT2D eigenvalue weighted by atomic mass is 16.5. The van der Waals surface area contributed by atoms with E-state index in [2.05, 4.69) is 6.58 Å². The number of ether oxygens (including phenoxy) is 1. The normalized spacial score (nSPS) is 14.2. The van der Waals surface area contributed by atoms with E-state index in [1.165, 1.54) is 27.2 Å². The molecule has 0 bridgehead atoms.